The largest absolute Gasteiger partial charge is 0.478 e. The fraction of sp³-hybridized carbons (Fsp3) is 0. The number of carboxylic acids is 1. The van der Waals surface area contributed by atoms with Crippen molar-refractivity contribution in [3.05, 3.63) is 51.6 Å². The molecule has 6 heteroatoms. The number of rotatable bonds is 3. The normalized spacial score (nSPS) is 10.1. The number of benzene rings is 1. The van der Waals surface area contributed by atoms with Crippen LogP contribution >= 0.6 is 27.5 Å². The second-order valence-corrected chi connectivity index (χ2v) is 4.70. The molecule has 0 saturated carbocycles. The number of pyridine rings is 1. The van der Waals surface area contributed by atoms with E-state index < -0.39 is 5.97 Å². The number of aromatic nitrogens is 1. The summed E-state index contributed by atoms with van der Waals surface area (Å²) in [5.74, 6) is -0.361. The Balaban J connectivity index is 2.27. The minimum Gasteiger partial charge on any atom is -0.478 e. The molecule has 0 atom stereocenters. The van der Waals surface area contributed by atoms with Gasteiger partial charge >= 0.3 is 5.97 Å². The van der Waals surface area contributed by atoms with Crippen LogP contribution in [0.5, 0.6) is 11.6 Å². The van der Waals surface area contributed by atoms with Crippen LogP contribution in [0.3, 0.4) is 0 Å². The van der Waals surface area contributed by atoms with Gasteiger partial charge in [0.05, 0.1) is 5.56 Å². The molecule has 0 aliphatic carbocycles. The Morgan fingerprint density at radius 2 is 2.17 bits per heavy atom. The van der Waals surface area contributed by atoms with Gasteiger partial charge in [-0.3, -0.25) is 0 Å². The molecule has 0 fully saturated rings. The van der Waals surface area contributed by atoms with E-state index in [1.165, 1.54) is 12.3 Å². The van der Waals surface area contributed by atoms with Gasteiger partial charge in [0.15, 0.2) is 0 Å². The SMILES string of the molecule is O=C(O)c1cnc(Oc2cccc(Br)c2)c(Cl)c1. The quantitative estimate of drug-likeness (QED) is 0.925. The predicted octanol–water partition coefficient (Wildman–Crippen LogP) is 3.99. The Morgan fingerprint density at radius 3 is 2.78 bits per heavy atom. The summed E-state index contributed by atoms with van der Waals surface area (Å²) in [6, 6.07) is 8.45. The fourth-order valence-electron chi connectivity index (χ4n) is 1.26. The molecule has 0 aliphatic heterocycles. The van der Waals surface area contributed by atoms with Crippen LogP contribution in [-0.4, -0.2) is 16.1 Å². The first-order chi connectivity index (χ1) is 8.56. The first-order valence-electron chi connectivity index (χ1n) is 4.88. The molecule has 2 aromatic rings. The van der Waals surface area contributed by atoms with Gasteiger partial charge in [0.2, 0.25) is 5.88 Å². The van der Waals surface area contributed by atoms with E-state index in [0.29, 0.717) is 5.75 Å². The standard InChI is InChI=1S/C12H7BrClNO3/c13-8-2-1-3-9(5-8)18-11-10(14)4-7(6-15-11)12(16)17/h1-6H,(H,16,17). The van der Waals surface area contributed by atoms with Crippen molar-refractivity contribution in [1.82, 2.24) is 4.98 Å². The van der Waals surface area contributed by atoms with Gasteiger partial charge in [0, 0.05) is 10.7 Å². The highest BCUT2D eigenvalue weighted by molar-refractivity contribution is 9.10. The van der Waals surface area contributed by atoms with Crippen molar-refractivity contribution >= 4 is 33.5 Å². The zero-order valence-electron chi connectivity index (χ0n) is 8.93. The highest BCUT2D eigenvalue weighted by Gasteiger charge is 2.10. The van der Waals surface area contributed by atoms with E-state index in [9.17, 15) is 4.79 Å². The number of hydrogen-bond acceptors (Lipinski definition) is 3. The van der Waals surface area contributed by atoms with Crippen molar-refractivity contribution in [1.29, 1.82) is 0 Å². The van der Waals surface area contributed by atoms with E-state index in [2.05, 4.69) is 20.9 Å². The van der Waals surface area contributed by atoms with Gasteiger partial charge in [-0.1, -0.05) is 33.6 Å². The predicted molar refractivity (Wildman–Crippen MR) is 70.4 cm³/mol. The first kappa shape index (κ1) is 12.9. The van der Waals surface area contributed by atoms with Crippen LogP contribution in [0.25, 0.3) is 0 Å². The van der Waals surface area contributed by atoms with E-state index in [1.807, 2.05) is 6.07 Å². The molecule has 0 amide bonds. The average molecular weight is 329 g/mol. The topological polar surface area (TPSA) is 59.4 Å². The molecule has 92 valence electrons. The summed E-state index contributed by atoms with van der Waals surface area (Å²) in [7, 11) is 0. The van der Waals surface area contributed by atoms with Crippen LogP contribution in [0, 0.1) is 0 Å². The monoisotopic (exact) mass is 327 g/mol. The van der Waals surface area contributed by atoms with E-state index >= 15 is 0 Å². The molecule has 0 saturated heterocycles. The van der Waals surface area contributed by atoms with Crippen LogP contribution in [0.4, 0.5) is 0 Å². The van der Waals surface area contributed by atoms with Crippen molar-refractivity contribution in [3.8, 4) is 11.6 Å². The highest BCUT2D eigenvalue weighted by atomic mass is 79.9. The molecule has 4 nitrogen and oxygen atoms in total. The molecule has 0 radical (unpaired) electrons. The lowest BCUT2D eigenvalue weighted by atomic mass is 10.3. The molecule has 0 aliphatic rings. The third-order valence-electron chi connectivity index (χ3n) is 2.06. The fourth-order valence-corrected chi connectivity index (χ4v) is 1.84. The van der Waals surface area contributed by atoms with Gasteiger partial charge < -0.3 is 9.84 Å². The summed E-state index contributed by atoms with van der Waals surface area (Å²) in [6.45, 7) is 0. The van der Waals surface area contributed by atoms with Crippen molar-refractivity contribution in [3.63, 3.8) is 0 Å². The molecular weight excluding hydrogens is 321 g/mol. The Hall–Kier alpha value is -1.59. The minimum atomic E-state index is -1.08. The van der Waals surface area contributed by atoms with Crippen molar-refractivity contribution in [2.75, 3.05) is 0 Å². The summed E-state index contributed by atoms with van der Waals surface area (Å²) in [4.78, 5) is 14.6. The summed E-state index contributed by atoms with van der Waals surface area (Å²) in [5, 5.41) is 8.93. The van der Waals surface area contributed by atoms with Crippen LogP contribution in [0.1, 0.15) is 10.4 Å². The number of ether oxygens (including phenoxy) is 1. The number of hydrogen-bond donors (Lipinski definition) is 1. The molecule has 0 spiro atoms. The molecule has 0 bridgehead atoms. The smallest absolute Gasteiger partial charge is 0.337 e. The molecule has 0 unspecified atom stereocenters. The maximum atomic E-state index is 10.7. The third-order valence-corrected chi connectivity index (χ3v) is 2.83. The minimum absolute atomic E-state index is 0.0154. The van der Waals surface area contributed by atoms with E-state index in [1.54, 1.807) is 18.2 Å². The summed E-state index contributed by atoms with van der Waals surface area (Å²) in [5.41, 5.74) is 0.0154. The Labute approximate surface area is 116 Å². The summed E-state index contributed by atoms with van der Waals surface area (Å²) < 4.78 is 6.32. The highest BCUT2D eigenvalue weighted by Crippen LogP contribution is 2.28. The second-order valence-electron chi connectivity index (χ2n) is 3.38. The maximum absolute atomic E-state index is 10.7. The van der Waals surface area contributed by atoms with Crippen LogP contribution in [0.2, 0.25) is 5.02 Å². The summed E-state index contributed by atoms with van der Waals surface area (Å²) >= 11 is 9.21. The number of carboxylic acid groups (broad SMARTS) is 1. The van der Waals surface area contributed by atoms with Crippen LogP contribution < -0.4 is 4.74 Å². The lowest BCUT2D eigenvalue weighted by molar-refractivity contribution is 0.0696. The number of halogens is 2. The third kappa shape index (κ3) is 3.00. The van der Waals surface area contributed by atoms with Crippen LogP contribution in [0.15, 0.2) is 41.0 Å². The van der Waals surface area contributed by atoms with Crippen LogP contribution in [-0.2, 0) is 0 Å². The molecule has 1 heterocycles. The number of nitrogens with zero attached hydrogens (tertiary/aromatic N) is 1. The number of aromatic carboxylic acids is 1. The molecule has 18 heavy (non-hydrogen) atoms. The lowest BCUT2D eigenvalue weighted by Crippen LogP contribution is -1.98. The van der Waals surface area contributed by atoms with Gasteiger partial charge in [-0.25, -0.2) is 9.78 Å². The van der Waals surface area contributed by atoms with Gasteiger partial charge in [0.25, 0.3) is 0 Å². The first-order valence-corrected chi connectivity index (χ1v) is 6.05. The molecule has 2 rings (SSSR count). The van der Waals surface area contributed by atoms with Crippen molar-refractivity contribution < 1.29 is 14.6 Å². The molecular formula is C12H7BrClNO3. The maximum Gasteiger partial charge on any atom is 0.337 e. The van der Waals surface area contributed by atoms with Gasteiger partial charge in [-0.15, -0.1) is 0 Å². The van der Waals surface area contributed by atoms with E-state index in [4.69, 9.17) is 21.4 Å². The molecule has 1 aromatic heterocycles. The van der Waals surface area contributed by atoms with Gasteiger partial charge in [-0.2, -0.15) is 0 Å². The Morgan fingerprint density at radius 1 is 1.39 bits per heavy atom. The molecule has 1 aromatic carbocycles. The number of carbonyl (C=O) groups is 1. The Kier molecular flexibility index (Phi) is 3.84. The zero-order chi connectivity index (χ0) is 13.1. The van der Waals surface area contributed by atoms with Crippen molar-refractivity contribution in [2.45, 2.75) is 0 Å². The van der Waals surface area contributed by atoms with Gasteiger partial charge in [-0.05, 0) is 24.3 Å². The van der Waals surface area contributed by atoms with E-state index in [0.717, 1.165) is 4.47 Å². The average Bonchev–Trinajstić information content (AvgIpc) is 2.31. The lowest BCUT2D eigenvalue weighted by Gasteiger charge is -2.07. The van der Waals surface area contributed by atoms with E-state index in [-0.39, 0.29) is 16.5 Å². The van der Waals surface area contributed by atoms with Crippen molar-refractivity contribution in [2.24, 2.45) is 0 Å². The van der Waals surface area contributed by atoms with Gasteiger partial charge in [0.1, 0.15) is 10.8 Å². The zero-order valence-corrected chi connectivity index (χ0v) is 11.3. The second kappa shape index (κ2) is 5.37. The molecule has 1 N–H and O–H groups in total. The summed E-state index contributed by atoms with van der Waals surface area (Å²) in [6.07, 6.45) is 1.20. The Bertz CT molecular complexity index is 604.